The highest BCUT2D eigenvalue weighted by molar-refractivity contribution is 7.80. The van der Waals surface area contributed by atoms with Crippen LogP contribution in [0.4, 0.5) is 24.5 Å². The number of aryl methyl sites for hydroxylation is 1. The zero-order valence-corrected chi connectivity index (χ0v) is 49.4. The molecule has 3 aromatic heterocycles. The van der Waals surface area contributed by atoms with Crippen LogP contribution in [-0.2, 0) is 25.7 Å². The quantitative estimate of drug-likeness (QED) is 0.0516. The number of aromatic amines is 1. The number of aromatic nitrogens is 3. The molecule has 0 spiro atoms. The summed E-state index contributed by atoms with van der Waals surface area (Å²) in [6, 6.07) is 17.3. The molecular weight excluding hydrogens is 1120 g/mol. The summed E-state index contributed by atoms with van der Waals surface area (Å²) >= 11 is -1.51. The number of amides is 3. The predicted molar refractivity (Wildman–Crippen MR) is 315 cm³/mol. The predicted octanol–water partition coefficient (Wildman–Crippen LogP) is 7.47. The molecule has 18 nitrogen and oxygen atoms in total. The Morgan fingerprint density at radius 3 is 2.24 bits per heavy atom. The monoisotopic (exact) mass is 1190 g/mol. The van der Waals surface area contributed by atoms with Gasteiger partial charge in [0, 0.05) is 99.9 Å². The van der Waals surface area contributed by atoms with Crippen molar-refractivity contribution in [3.8, 4) is 21.6 Å². The van der Waals surface area contributed by atoms with Gasteiger partial charge in [-0.1, -0.05) is 57.2 Å². The highest BCUT2D eigenvalue weighted by Crippen LogP contribution is 2.44. The van der Waals surface area contributed by atoms with Gasteiger partial charge in [-0.2, -0.15) is 0 Å². The number of nitrogens with one attached hydrogen (secondary N) is 3. The lowest BCUT2D eigenvalue weighted by Gasteiger charge is -2.42. The molecule has 6 aromatic rings. The highest BCUT2D eigenvalue weighted by atomic mass is 32.2. The Hall–Kier alpha value is -6.60. The normalized spacial score (nSPS) is 21.8. The van der Waals surface area contributed by atoms with Crippen molar-refractivity contribution in [2.75, 3.05) is 74.8 Å². The number of aliphatic hydroxyl groups excluding tert-OH is 1. The van der Waals surface area contributed by atoms with Crippen LogP contribution in [0.3, 0.4) is 0 Å². The maximum Gasteiger partial charge on any atom is 0.246 e. The topological polar surface area (TPSA) is 214 Å². The van der Waals surface area contributed by atoms with Gasteiger partial charge in [0.15, 0.2) is 5.82 Å². The number of alkyl halides is 1. The van der Waals surface area contributed by atoms with E-state index in [0.717, 1.165) is 109 Å². The third-order valence-electron chi connectivity index (χ3n) is 17.6. The van der Waals surface area contributed by atoms with E-state index >= 15 is 8.78 Å². The van der Waals surface area contributed by atoms with Crippen LogP contribution in [0.1, 0.15) is 99.4 Å². The molecule has 446 valence electrons. The van der Waals surface area contributed by atoms with E-state index in [1.807, 2.05) is 88.7 Å². The van der Waals surface area contributed by atoms with Crippen molar-refractivity contribution in [3.63, 3.8) is 0 Å². The van der Waals surface area contributed by atoms with Gasteiger partial charge in [0.1, 0.15) is 40.9 Å². The summed E-state index contributed by atoms with van der Waals surface area (Å²) in [6.45, 7) is 15.1. The fourth-order valence-corrected chi connectivity index (χ4v) is 14.1. The Bertz CT molecular complexity index is 3450. The van der Waals surface area contributed by atoms with Crippen molar-refractivity contribution in [3.05, 3.63) is 119 Å². The zero-order chi connectivity index (χ0) is 59.4. The largest absolute Gasteiger partial charge is 0.754 e. The van der Waals surface area contributed by atoms with Crippen molar-refractivity contribution in [2.24, 2.45) is 11.3 Å². The van der Waals surface area contributed by atoms with E-state index in [1.54, 1.807) is 23.6 Å². The molecule has 6 atom stereocenters. The number of hydrogen-bond acceptors (Lipinski definition) is 14. The van der Waals surface area contributed by atoms with Crippen LogP contribution in [0.2, 0.25) is 0 Å². The Morgan fingerprint density at radius 2 is 1.61 bits per heavy atom. The average molecular weight is 1190 g/mol. The van der Waals surface area contributed by atoms with Gasteiger partial charge in [-0.3, -0.25) is 28.3 Å². The van der Waals surface area contributed by atoms with E-state index in [4.69, 9.17) is 0 Å². The number of carbonyl (C=O) groups is 4. The Labute approximate surface area is 493 Å². The number of thiazole rings is 1. The molecule has 1 saturated carbocycles. The van der Waals surface area contributed by atoms with Crippen LogP contribution < -0.4 is 19.9 Å². The van der Waals surface area contributed by atoms with Crippen LogP contribution in [0.25, 0.3) is 32.6 Å². The van der Waals surface area contributed by atoms with E-state index in [0.29, 0.717) is 39.8 Å². The first-order valence-electron chi connectivity index (χ1n) is 28.9. The molecule has 4 aliphatic heterocycles. The average Bonchev–Trinajstić information content (AvgIpc) is 4.02. The van der Waals surface area contributed by atoms with Gasteiger partial charge in [-0.05, 0) is 104 Å². The van der Waals surface area contributed by atoms with Gasteiger partial charge in [-0.25, -0.2) is 32.6 Å². The van der Waals surface area contributed by atoms with Crippen molar-refractivity contribution in [1.29, 1.82) is 0 Å². The number of piperidine rings is 1. The number of carbonyl (C=O) groups excluding carboxylic acids is 4. The number of ketones is 1. The minimum absolute atomic E-state index is 0.00234. The van der Waals surface area contributed by atoms with Gasteiger partial charge < -0.3 is 40.0 Å². The maximum atomic E-state index is 16.1. The number of rotatable bonds is 17. The van der Waals surface area contributed by atoms with Crippen LogP contribution in [0, 0.1) is 29.9 Å². The van der Waals surface area contributed by atoms with E-state index in [9.17, 15) is 37.4 Å². The maximum absolute atomic E-state index is 16.1. The Morgan fingerprint density at radius 1 is 0.905 bits per heavy atom. The number of fused-ring (bicyclic) bond motifs is 1. The van der Waals surface area contributed by atoms with Crippen molar-refractivity contribution in [2.45, 2.75) is 109 Å². The lowest BCUT2D eigenvalue weighted by Crippen LogP contribution is -2.62. The molecule has 11 rings (SSSR count). The van der Waals surface area contributed by atoms with Crippen LogP contribution in [0.15, 0.2) is 84.6 Å². The first-order valence-corrected chi connectivity index (χ1v) is 30.8. The molecule has 0 radical (unpaired) electrons. The number of hydrogen-bond donors (Lipinski definition) is 4. The summed E-state index contributed by atoms with van der Waals surface area (Å²) in [6.07, 6.45) is 4.29. The number of β-amino-alcohol motifs (C(OH)–C–C–N with tert-alkyl or cyclic N) is 1. The molecule has 1 unspecified atom stereocenters. The van der Waals surface area contributed by atoms with Crippen molar-refractivity contribution < 1.29 is 46.2 Å². The third kappa shape index (κ3) is 12.0. The Kier molecular flexibility index (Phi) is 16.9. The fourth-order valence-electron chi connectivity index (χ4n) is 12.6. The minimum atomic E-state index is -3.08. The van der Waals surface area contributed by atoms with E-state index in [2.05, 4.69) is 40.3 Å². The second kappa shape index (κ2) is 24.0. The summed E-state index contributed by atoms with van der Waals surface area (Å²) in [5.41, 5.74) is 4.60. The molecule has 4 saturated heterocycles. The molecule has 23 heteroatoms. The van der Waals surface area contributed by atoms with Gasteiger partial charge in [-0.15, -0.1) is 11.3 Å². The van der Waals surface area contributed by atoms with Crippen LogP contribution in [0.5, 0.6) is 0 Å². The third-order valence-corrected chi connectivity index (χ3v) is 19.3. The van der Waals surface area contributed by atoms with E-state index in [1.165, 1.54) is 11.1 Å². The number of nitrogens with zero attached hydrogens (tertiary/aromatic N) is 8. The molecular formula is C61H71F3N11O7S2-. The number of anilines is 2. The molecule has 84 heavy (non-hydrogen) atoms. The minimum Gasteiger partial charge on any atom is -0.754 e. The molecule has 5 fully saturated rings. The summed E-state index contributed by atoms with van der Waals surface area (Å²) in [5.74, 6) is -3.98. The molecule has 3 amide bonds. The number of piperazine rings is 1. The summed E-state index contributed by atoms with van der Waals surface area (Å²) in [4.78, 5) is 78.3. The molecule has 4 N–H and O–H groups in total. The lowest BCUT2D eigenvalue weighted by atomic mass is 9.85. The number of benzene rings is 3. The second-order valence-electron chi connectivity index (χ2n) is 24.3. The van der Waals surface area contributed by atoms with Crippen molar-refractivity contribution >= 4 is 68.5 Å². The lowest BCUT2D eigenvalue weighted by molar-refractivity contribution is -0.145. The molecule has 1 aliphatic carbocycles. The molecule has 5 aliphatic rings. The molecule has 3 aromatic carbocycles. The van der Waals surface area contributed by atoms with Crippen LogP contribution in [-0.4, -0.2) is 167 Å². The summed E-state index contributed by atoms with van der Waals surface area (Å²) in [5, 5.41) is 18.5. The van der Waals surface area contributed by atoms with E-state index in [-0.39, 0.29) is 61.8 Å². The fraction of sp³-hybridized carbons (Fsp3) is 0.475. The summed E-state index contributed by atoms with van der Waals surface area (Å²) < 4.78 is 70.5. The smallest absolute Gasteiger partial charge is 0.246 e. The molecule has 0 bridgehead atoms. The Balaban J connectivity index is 0.661. The summed E-state index contributed by atoms with van der Waals surface area (Å²) in [7, 11) is 0. The van der Waals surface area contributed by atoms with Crippen molar-refractivity contribution in [1.82, 2.24) is 45.3 Å². The number of hydrazine groups is 1. The number of likely N-dealkylation sites (tertiary alicyclic amines) is 1. The number of aliphatic hydroxyl groups is 1. The number of H-pyrrole nitrogens is 1. The van der Waals surface area contributed by atoms with Gasteiger partial charge >= 0.3 is 0 Å². The SMILES string of the molecule is Cc1ncsc1-c1ccc([C@H](C)NC(=O)[C@@H]2C[C@@H](O)CN2C(=O)[C@@H](NC(=O)C2(N3CCN(CC4CCN(c5ccc(-c6cnc7[nH]cc(C(=O)c8c(F)ccc(N(N9CC[C@@H](F)C9)S(=O)[O-])c8F)c7c6)cc5)CC4)CC3)CC2)C(C)(C)C)cc1. The zero-order valence-electron chi connectivity index (χ0n) is 47.8. The number of pyridine rings is 1. The first-order chi connectivity index (χ1) is 40.2. The van der Waals surface area contributed by atoms with Gasteiger partial charge in [0.2, 0.25) is 23.5 Å². The number of halogens is 3. The highest BCUT2D eigenvalue weighted by Gasteiger charge is 2.56. The molecule has 7 heterocycles. The first kappa shape index (κ1) is 59.1. The van der Waals surface area contributed by atoms with Gasteiger partial charge in [0.25, 0.3) is 0 Å². The van der Waals surface area contributed by atoms with E-state index < -0.39 is 75.2 Å². The second-order valence-corrected chi connectivity index (χ2v) is 25.9. The standard InChI is InChI=1S/C61H72F3N11O7S2/c1-36(39-6-8-41(9-7-39)54-37(2)67-35-83-54)68-57(78)50-29-45(76)34-74(50)58(79)55(60(3,4)5)69-59(80)61(19-20-61)72-26-24-70(25-27-72)32-38-16-21-71(22-17-38)44-12-10-40(11-13-44)42-28-46-47(31-66-56(46)65-30-42)53(77)51-48(63)14-15-49(52(51)64)75(84(81)82)73-23-18-43(62)33-73/h6-15,28,30-31,35-36,38,43,45,50,55,76H,16-27,29,32-34H2,1-5H3,(H,65,66)(H,68,78)(H,69,80)(H,81,82)/p-1/t36-,43+,45+,50-,55+/m0/s1. The van der Waals surface area contributed by atoms with Crippen LogP contribution >= 0.6 is 11.3 Å². The van der Waals surface area contributed by atoms with Gasteiger partial charge in [0.05, 0.1) is 51.6 Å².